The number of benzene rings is 1. The number of hydrogen-bond acceptors (Lipinski definition) is 3. The van der Waals surface area contributed by atoms with Gasteiger partial charge in [-0.05, 0) is 40.5 Å². The first kappa shape index (κ1) is 12.3. The van der Waals surface area contributed by atoms with Crippen molar-refractivity contribution in [1.82, 2.24) is 0 Å². The first-order valence-corrected chi connectivity index (χ1v) is 5.48. The van der Waals surface area contributed by atoms with Gasteiger partial charge in [0.05, 0.1) is 12.8 Å². The van der Waals surface area contributed by atoms with E-state index in [9.17, 15) is 4.79 Å². The van der Waals surface area contributed by atoms with Crippen LogP contribution in [0.25, 0.3) is 0 Å². The second-order valence-electron chi connectivity index (χ2n) is 3.01. The molecule has 0 aliphatic heterocycles. The van der Waals surface area contributed by atoms with Gasteiger partial charge in [0.15, 0.2) is 0 Å². The third-order valence-electron chi connectivity index (χ3n) is 1.90. The number of carbonyl (C=O) groups is 1. The Labute approximate surface area is 102 Å². The zero-order chi connectivity index (χ0) is 11.4. The maximum absolute atomic E-state index is 10.9. The van der Waals surface area contributed by atoms with Gasteiger partial charge in [-0.2, -0.15) is 0 Å². The maximum atomic E-state index is 10.9. The first-order chi connectivity index (χ1) is 7.04. The molecule has 0 saturated heterocycles. The average Bonchev–Trinajstić information content (AvgIpc) is 2.21. The Balaban J connectivity index is 2.77. The van der Waals surface area contributed by atoms with Crippen LogP contribution >= 0.6 is 27.5 Å². The molecule has 0 spiro atoms. The van der Waals surface area contributed by atoms with Crippen LogP contribution in [0.5, 0.6) is 0 Å². The third-order valence-corrected chi connectivity index (χ3v) is 2.96. The third kappa shape index (κ3) is 3.39. The van der Waals surface area contributed by atoms with Crippen LogP contribution in [0.15, 0.2) is 16.6 Å². The predicted octanol–water partition coefficient (Wildman–Crippen LogP) is 3.00. The van der Waals surface area contributed by atoms with Crippen LogP contribution in [-0.2, 0) is 9.53 Å². The molecule has 0 amide bonds. The van der Waals surface area contributed by atoms with Gasteiger partial charge < -0.3 is 10.1 Å². The Morgan fingerprint density at radius 3 is 2.87 bits per heavy atom. The standard InChI is InChI=1S/C10H11BrClNO2/c1-6-3-7(11)9(4-8(6)12)13-5-10(14)15-2/h3-4,13H,5H2,1-2H3. The first-order valence-electron chi connectivity index (χ1n) is 4.31. The fraction of sp³-hybridized carbons (Fsp3) is 0.300. The van der Waals surface area contributed by atoms with E-state index >= 15 is 0 Å². The van der Waals surface area contributed by atoms with Crippen LogP contribution in [-0.4, -0.2) is 19.6 Å². The fourth-order valence-corrected chi connectivity index (χ4v) is 1.78. The molecule has 0 aliphatic carbocycles. The molecule has 0 saturated carbocycles. The lowest BCUT2D eigenvalue weighted by Crippen LogP contribution is -2.15. The highest BCUT2D eigenvalue weighted by molar-refractivity contribution is 9.10. The highest BCUT2D eigenvalue weighted by atomic mass is 79.9. The molecule has 0 heterocycles. The van der Waals surface area contributed by atoms with Crippen LogP contribution in [0.3, 0.4) is 0 Å². The SMILES string of the molecule is COC(=O)CNc1cc(Cl)c(C)cc1Br. The number of halogens is 2. The molecule has 0 aliphatic rings. The maximum Gasteiger partial charge on any atom is 0.325 e. The van der Waals surface area contributed by atoms with Crippen molar-refractivity contribution in [2.45, 2.75) is 6.92 Å². The summed E-state index contributed by atoms with van der Waals surface area (Å²) in [5, 5.41) is 3.58. The summed E-state index contributed by atoms with van der Waals surface area (Å²) in [5.41, 5.74) is 1.75. The van der Waals surface area contributed by atoms with Gasteiger partial charge in [0.2, 0.25) is 0 Å². The normalized spacial score (nSPS) is 9.87. The zero-order valence-corrected chi connectivity index (χ0v) is 10.8. The van der Waals surface area contributed by atoms with E-state index in [1.54, 1.807) is 6.07 Å². The molecule has 3 nitrogen and oxygen atoms in total. The van der Waals surface area contributed by atoms with Gasteiger partial charge in [0, 0.05) is 9.50 Å². The minimum absolute atomic E-state index is 0.120. The number of hydrogen-bond donors (Lipinski definition) is 1. The molecule has 1 aromatic carbocycles. The molecule has 1 rings (SSSR count). The molecule has 0 aromatic heterocycles. The lowest BCUT2D eigenvalue weighted by molar-refractivity contribution is -0.138. The lowest BCUT2D eigenvalue weighted by Gasteiger charge is -2.09. The van der Waals surface area contributed by atoms with E-state index in [0.717, 1.165) is 15.7 Å². The molecule has 0 unspecified atom stereocenters. The quantitative estimate of drug-likeness (QED) is 0.870. The van der Waals surface area contributed by atoms with Crippen molar-refractivity contribution in [1.29, 1.82) is 0 Å². The van der Waals surface area contributed by atoms with Crippen molar-refractivity contribution in [2.75, 3.05) is 19.0 Å². The minimum atomic E-state index is -0.321. The van der Waals surface area contributed by atoms with Crippen LogP contribution < -0.4 is 5.32 Å². The van der Waals surface area contributed by atoms with E-state index in [0.29, 0.717) is 5.02 Å². The van der Waals surface area contributed by atoms with Crippen LogP contribution in [0, 0.1) is 6.92 Å². The number of methoxy groups -OCH3 is 1. The van der Waals surface area contributed by atoms with E-state index in [2.05, 4.69) is 26.0 Å². The highest BCUT2D eigenvalue weighted by Gasteiger charge is 2.06. The van der Waals surface area contributed by atoms with Crippen LogP contribution in [0.2, 0.25) is 5.02 Å². The Bertz CT molecular complexity index is 382. The van der Waals surface area contributed by atoms with Gasteiger partial charge in [-0.3, -0.25) is 4.79 Å². The second-order valence-corrected chi connectivity index (χ2v) is 4.27. The number of esters is 1. The summed E-state index contributed by atoms with van der Waals surface area (Å²) >= 11 is 9.34. The van der Waals surface area contributed by atoms with E-state index in [4.69, 9.17) is 11.6 Å². The second kappa shape index (κ2) is 5.37. The van der Waals surface area contributed by atoms with Gasteiger partial charge in [-0.1, -0.05) is 11.6 Å². The summed E-state index contributed by atoms with van der Waals surface area (Å²) in [7, 11) is 1.35. The Kier molecular flexibility index (Phi) is 4.42. The smallest absolute Gasteiger partial charge is 0.325 e. The number of ether oxygens (including phenoxy) is 1. The molecular weight excluding hydrogens is 281 g/mol. The summed E-state index contributed by atoms with van der Waals surface area (Å²) in [6.07, 6.45) is 0. The summed E-state index contributed by atoms with van der Waals surface area (Å²) in [5.74, 6) is -0.321. The number of aryl methyl sites for hydroxylation is 1. The average molecular weight is 293 g/mol. The highest BCUT2D eigenvalue weighted by Crippen LogP contribution is 2.28. The van der Waals surface area contributed by atoms with Crippen molar-refractivity contribution in [2.24, 2.45) is 0 Å². The van der Waals surface area contributed by atoms with Gasteiger partial charge in [-0.15, -0.1) is 0 Å². The topological polar surface area (TPSA) is 38.3 Å². The summed E-state index contributed by atoms with van der Waals surface area (Å²) in [4.78, 5) is 10.9. The van der Waals surface area contributed by atoms with Crippen molar-refractivity contribution in [3.63, 3.8) is 0 Å². The molecule has 1 N–H and O–H groups in total. The predicted molar refractivity (Wildman–Crippen MR) is 64.4 cm³/mol. The Morgan fingerprint density at radius 2 is 2.27 bits per heavy atom. The summed E-state index contributed by atoms with van der Waals surface area (Å²) in [6.45, 7) is 2.03. The minimum Gasteiger partial charge on any atom is -0.468 e. The van der Waals surface area contributed by atoms with Crippen molar-refractivity contribution < 1.29 is 9.53 Å². The monoisotopic (exact) mass is 291 g/mol. The zero-order valence-electron chi connectivity index (χ0n) is 8.43. The Hall–Kier alpha value is -0.740. The van der Waals surface area contributed by atoms with E-state index in [-0.39, 0.29) is 12.5 Å². The molecule has 15 heavy (non-hydrogen) atoms. The Morgan fingerprint density at radius 1 is 1.60 bits per heavy atom. The molecule has 0 atom stereocenters. The number of carbonyl (C=O) groups excluding carboxylic acids is 1. The molecule has 82 valence electrons. The number of nitrogens with one attached hydrogen (secondary N) is 1. The van der Waals surface area contributed by atoms with Gasteiger partial charge in [0.25, 0.3) is 0 Å². The largest absolute Gasteiger partial charge is 0.468 e. The molecule has 5 heteroatoms. The molecule has 0 bridgehead atoms. The van der Waals surface area contributed by atoms with E-state index in [1.807, 2.05) is 13.0 Å². The van der Waals surface area contributed by atoms with Crippen LogP contribution in [0.4, 0.5) is 5.69 Å². The van der Waals surface area contributed by atoms with E-state index < -0.39 is 0 Å². The van der Waals surface area contributed by atoms with Crippen molar-refractivity contribution >= 4 is 39.2 Å². The van der Waals surface area contributed by atoms with E-state index in [1.165, 1.54) is 7.11 Å². The lowest BCUT2D eigenvalue weighted by atomic mass is 10.2. The summed E-state index contributed by atoms with van der Waals surface area (Å²) in [6, 6.07) is 3.66. The van der Waals surface area contributed by atoms with Crippen molar-refractivity contribution in [3.8, 4) is 0 Å². The van der Waals surface area contributed by atoms with Crippen LogP contribution in [0.1, 0.15) is 5.56 Å². The molecule has 1 aromatic rings. The van der Waals surface area contributed by atoms with Gasteiger partial charge in [-0.25, -0.2) is 0 Å². The number of rotatable bonds is 3. The summed E-state index contributed by atoms with van der Waals surface area (Å²) < 4.78 is 5.38. The fourth-order valence-electron chi connectivity index (χ4n) is 1.02. The molecular formula is C10H11BrClNO2. The van der Waals surface area contributed by atoms with Gasteiger partial charge >= 0.3 is 5.97 Å². The molecule has 0 fully saturated rings. The van der Waals surface area contributed by atoms with Gasteiger partial charge in [0.1, 0.15) is 6.54 Å². The van der Waals surface area contributed by atoms with Crippen molar-refractivity contribution in [3.05, 3.63) is 27.2 Å². The number of anilines is 1. The molecule has 0 radical (unpaired) electrons.